The topological polar surface area (TPSA) is 87.2 Å². The van der Waals surface area contributed by atoms with Gasteiger partial charge in [-0.05, 0) is 19.3 Å². The molecule has 2 fully saturated rings. The van der Waals surface area contributed by atoms with Crippen LogP contribution in [-0.2, 0) is 19.7 Å². The molecule has 19 heavy (non-hydrogen) atoms. The molecule has 1 atom stereocenters. The number of aliphatic hydroxyl groups excluding tert-OH is 1. The molecule has 2 aliphatic heterocycles. The summed E-state index contributed by atoms with van der Waals surface area (Å²) in [5, 5.41) is 9.42. The predicted octanol–water partition coefficient (Wildman–Crippen LogP) is -0.817. The molecule has 0 aliphatic carbocycles. The Bertz CT molecular complexity index is 430. The van der Waals surface area contributed by atoms with Crippen molar-refractivity contribution in [3.05, 3.63) is 0 Å². The van der Waals surface area contributed by atoms with Gasteiger partial charge in [0.15, 0.2) is 0 Å². The lowest BCUT2D eigenvalue weighted by atomic mass is 9.99. The number of β-amino-alcohol motifs (C(OH)–C–C–N with tert-alkyl or cyclic N) is 1. The largest absolute Gasteiger partial charge is 0.469 e. The second kappa shape index (κ2) is 5.74. The number of aliphatic hydroxyl groups is 1. The molecule has 7 nitrogen and oxygen atoms in total. The first-order chi connectivity index (χ1) is 8.95. The molecule has 0 unspecified atom stereocenters. The normalized spacial score (nSPS) is 27.6. The van der Waals surface area contributed by atoms with Gasteiger partial charge in [0.25, 0.3) is 10.2 Å². The van der Waals surface area contributed by atoms with E-state index in [9.17, 15) is 18.3 Å². The summed E-state index contributed by atoms with van der Waals surface area (Å²) >= 11 is 0. The summed E-state index contributed by atoms with van der Waals surface area (Å²) in [6.07, 6.45) is 0.894. The molecule has 0 bridgehead atoms. The minimum Gasteiger partial charge on any atom is -0.469 e. The van der Waals surface area contributed by atoms with Crippen LogP contribution in [0.2, 0.25) is 0 Å². The smallest absolute Gasteiger partial charge is 0.308 e. The second-order valence-corrected chi connectivity index (χ2v) is 6.93. The van der Waals surface area contributed by atoms with Crippen LogP contribution in [-0.4, -0.2) is 67.5 Å². The molecule has 2 rings (SSSR count). The molecule has 1 N–H and O–H groups in total. The van der Waals surface area contributed by atoms with Gasteiger partial charge in [-0.2, -0.15) is 17.0 Å². The Morgan fingerprint density at radius 2 is 1.74 bits per heavy atom. The number of rotatable bonds is 3. The third-order valence-electron chi connectivity index (χ3n) is 3.77. The maximum absolute atomic E-state index is 12.3. The van der Waals surface area contributed by atoms with E-state index in [2.05, 4.69) is 4.74 Å². The lowest BCUT2D eigenvalue weighted by molar-refractivity contribution is -0.146. The third-order valence-corrected chi connectivity index (χ3v) is 5.77. The molecule has 2 aliphatic rings. The summed E-state index contributed by atoms with van der Waals surface area (Å²) in [6.45, 7) is 1.18. The molecule has 2 saturated heterocycles. The molecule has 0 radical (unpaired) electrons. The van der Waals surface area contributed by atoms with Gasteiger partial charge in [-0.1, -0.05) is 0 Å². The van der Waals surface area contributed by atoms with Gasteiger partial charge in [0.1, 0.15) is 0 Å². The van der Waals surface area contributed by atoms with E-state index < -0.39 is 16.3 Å². The standard InChI is InChI=1S/C11H20N2O5S/c1-18-11(15)9-2-5-12(6-3-9)19(16,17)13-7-4-10(14)8-13/h9-10,14H,2-8H2,1H3/t10-/m1/s1. The summed E-state index contributed by atoms with van der Waals surface area (Å²) in [7, 11) is -2.15. The van der Waals surface area contributed by atoms with Crippen molar-refractivity contribution in [3.63, 3.8) is 0 Å². The summed E-state index contributed by atoms with van der Waals surface area (Å²) in [6, 6.07) is 0. The molecule has 0 amide bonds. The minimum absolute atomic E-state index is 0.166. The highest BCUT2D eigenvalue weighted by atomic mass is 32.2. The summed E-state index contributed by atoms with van der Waals surface area (Å²) in [4.78, 5) is 11.4. The van der Waals surface area contributed by atoms with E-state index in [4.69, 9.17) is 0 Å². The Morgan fingerprint density at radius 1 is 1.16 bits per heavy atom. The Kier molecular flexibility index (Phi) is 4.44. The molecule has 0 aromatic carbocycles. The maximum Gasteiger partial charge on any atom is 0.308 e. The van der Waals surface area contributed by atoms with Crippen LogP contribution < -0.4 is 0 Å². The van der Waals surface area contributed by atoms with Crippen LogP contribution in [0, 0.1) is 5.92 Å². The number of hydrogen-bond acceptors (Lipinski definition) is 5. The maximum atomic E-state index is 12.3. The lowest BCUT2D eigenvalue weighted by Crippen LogP contribution is -2.47. The average Bonchev–Trinajstić information content (AvgIpc) is 2.85. The van der Waals surface area contributed by atoms with Gasteiger partial charge < -0.3 is 9.84 Å². The number of nitrogens with zero attached hydrogens (tertiary/aromatic N) is 2. The number of carbonyl (C=O) groups excluding carboxylic acids is 1. The first-order valence-corrected chi connectivity index (χ1v) is 7.86. The van der Waals surface area contributed by atoms with Gasteiger partial charge >= 0.3 is 5.97 Å². The number of methoxy groups -OCH3 is 1. The van der Waals surface area contributed by atoms with Crippen LogP contribution >= 0.6 is 0 Å². The van der Waals surface area contributed by atoms with E-state index >= 15 is 0 Å². The van der Waals surface area contributed by atoms with E-state index in [1.165, 1.54) is 15.7 Å². The minimum atomic E-state index is -3.50. The third kappa shape index (κ3) is 3.07. The van der Waals surface area contributed by atoms with Crippen LogP contribution in [0.3, 0.4) is 0 Å². The zero-order valence-corrected chi connectivity index (χ0v) is 11.8. The van der Waals surface area contributed by atoms with Crippen molar-refractivity contribution in [2.45, 2.75) is 25.4 Å². The van der Waals surface area contributed by atoms with Crippen molar-refractivity contribution < 1.29 is 23.1 Å². The number of ether oxygens (including phenoxy) is 1. The van der Waals surface area contributed by atoms with E-state index in [1.807, 2.05) is 0 Å². The fraction of sp³-hybridized carbons (Fsp3) is 0.909. The Balaban J connectivity index is 1.95. The van der Waals surface area contributed by atoms with Crippen molar-refractivity contribution in [1.29, 1.82) is 0 Å². The fourth-order valence-electron chi connectivity index (χ4n) is 2.57. The van der Waals surface area contributed by atoms with Crippen LogP contribution in [0.15, 0.2) is 0 Å². The van der Waals surface area contributed by atoms with Gasteiger partial charge in [-0.25, -0.2) is 0 Å². The highest BCUT2D eigenvalue weighted by Gasteiger charge is 2.37. The Labute approximate surface area is 113 Å². The Hall–Kier alpha value is -0.700. The van der Waals surface area contributed by atoms with Crippen LogP contribution in [0.1, 0.15) is 19.3 Å². The quantitative estimate of drug-likeness (QED) is 0.687. The number of carbonyl (C=O) groups is 1. The molecule has 0 aromatic rings. The average molecular weight is 292 g/mol. The van der Waals surface area contributed by atoms with Crippen molar-refractivity contribution in [2.75, 3.05) is 33.3 Å². The monoisotopic (exact) mass is 292 g/mol. The van der Waals surface area contributed by atoms with E-state index in [-0.39, 0.29) is 18.4 Å². The number of hydrogen-bond donors (Lipinski definition) is 1. The van der Waals surface area contributed by atoms with Gasteiger partial charge in [-0.15, -0.1) is 0 Å². The first kappa shape index (κ1) is 14.7. The highest BCUT2D eigenvalue weighted by molar-refractivity contribution is 7.86. The number of esters is 1. The lowest BCUT2D eigenvalue weighted by Gasteiger charge is -2.32. The molecular formula is C11H20N2O5S. The molecule has 0 aromatic heterocycles. The van der Waals surface area contributed by atoms with Crippen molar-refractivity contribution in [1.82, 2.24) is 8.61 Å². The Morgan fingerprint density at radius 3 is 2.21 bits per heavy atom. The van der Waals surface area contributed by atoms with Crippen molar-refractivity contribution in [2.24, 2.45) is 5.92 Å². The zero-order chi connectivity index (χ0) is 14.0. The molecule has 0 saturated carbocycles. The molecule has 110 valence electrons. The summed E-state index contributed by atoms with van der Waals surface area (Å²) in [5.74, 6) is -0.478. The van der Waals surface area contributed by atoms with Crippen LogP contribution in [0.4, 0.5) is 0 Å². The van der Waals surface area contributed by atoms with Crippen molar-refractivity contribution >= 4 is 16.2 Å². The summed E-state index contributed by atoms with van der Waals surface area (Å²) in [5.41, 5.74) is 0. The SMILES string of the molecule is COC(=O)C1CCN(S(=O)(=O)N2CC[C@@H](O)C2)CC1. The number of piperidine rings is 1. The van der Waals surface area contributed by atoms with Gasteiger partial charge in [0.05, 0.1) is 19.1 Å². The molecular weight excluding hydrogens is 272 g/mol. The van der Waals surface area contributed by atoms with Crippen molar-refractivity contribution in [3.8, 4) is 0 Å². The first-order valence-electron chi connectivity index (χ1n) is 6.46. The van der Waals surface area contributed by atoms with Crippen LogP contribution in [0.5, 0.6) is 0 Å². The van der Waals surface area contributed by atoms with Gasteiger partial charge in [-0.3, -0.25) is 4.79 Å². The van der Waals surface area contributed by atoms with E-state index in [1.54, 1.807) is 0 Å². The van der Waals surface area contributed by atoms with Gasteiger partial charge in [0.2, 0.25) is 0 Å². The van der Waals surface area contributed by atoms with Crippen LogP contribution in [0.25, 0.3) is 0 Å². The fourth-order valence-corrected chi connectivity index (χ4v) is 4.27. The predicted molar refractivity (Wildman–Crippen MR) is 67.4 cm³/mol. The van der Waals surface area contributed by atoms with Gasteiger partial charge in [0, 0.05) is 26.2 Å². The molecule has 2 heterocycles. The molecule has 0 spiro atoms. The second-order valence-electron chi connectivity index (χ2n) is 5.00. The summed E-state index contributed by atoms with van der Waals surface area (Å²) < 4.78 is 32.0. The zero-order valence-electron chi connectivity index (χ0n) is 11.0. The molecule has 8 heteroatoms. The van der Waals surface area contributed by atoms with E-state index in [0.29, 0.717) is 38.9 Å². The highest BCUT2D eigenvalue weighted by Crippen LogP contribution is 2.24. The van der Waals surface area contributed by atoms with E-state index in [0.717, 1.165) is 0 Å².